The maximum atomic E-state index is 13.9. The Hall–Kier alpha value is -1.62. The Morgan fingerprint density at radius 2 is 2.32 bits per heavy atom. The summed E-state index contributed by atoms with van der Waals surface area (Å²) in [6.45, 7) is 2.36. The topological polar surface area (TPSA) is 46.9 Å². The van der Waals surface area contributed by atoms with Crippen molar-refractivity contribution in [3.8, 4) is 0 Å². The lowest BCUT2D eigenvalue weighted by Gasteiger charge is -2.09. The fraction of sp³-hybridized carbons (Fsp3) is 0.385. The molecule has 2 aromatic rings. The van der Waals surface area contributed by atoms with Crippen molar-refractivity contribution in [1.29, 1.82) is 0 Å². The molecule has 0 saturated heterocycles. The summed E-state index contributed by atoms with van der Waals surface area (Å²) < 4.78 is 15.7. The van der Waals surface area contributed by atoms with Crippen LogP contribution >= 0.6 is 11.6 Å². The highest BCUT2D eigenvalue weighted by atomic mass is 35.5. The molecular weight excluding hydrogens is 269 g/mol. The van der Waals surface area contributed by atoms with E-state index in [1.54, 1.807) is 16.7 Å². The lowest BCUT2D eigenvalue weighted by molar-refractivity contribution is -0.118. The first-order valence-corrected chi connectivity index (χ1v) is 6.61. The summed E-state index contributed by atoms with van der Waals surface area (Å²) in [5.74, 6) is 0.739. The van der Waals surface area contributed by atoms with Crippen molar-refractivity contribution in [2.45, 2.75) is 19.9 Å². The number of imidazole rings is 1. The molecule has 0 aliphatic heterocycles. The average Bonchev–Trinajstić information content (AvgIpc) is 2.69. The van der Waals surface area contributed by atoms with Gasteiger partial charge in [-0.2, -0.15) is 0 Å². The molecule has 2 rings (SSSR count). The summed E-state index contributed by atoms with van der Waals surface area (Å²) in [5.41, 5.74) is 1.08. The highest BCUT2D eigenvalue weighted by Gasteiger charge is 2.13. The molecular formula is C13H15ClFN3O. The third kappa shape index (κ3) is 3.04. The number of aromatic nitrogens is 2. The van der Waals surface area contributed by atoms with Crippen molar-refractivity contribution in [3.05, 3.63) is 29.8 Å². The van der Waals surface area contributed by atoms with E-state index in [0.717, 1.165) is 5.82 Å². The van der Waals surface area contributed by atoms with Crippen LogP contribution in [0.2, 0.25) is 0 Å². The molecule has 4 nitrogen and oxygen atoms in total. The van der Waals surface area contributed by atoms with Crippen LogP contribution in [0.3, 0.4) is 0 Å². The summed E-state index contributed by atoms with van der Waals surface area (Å²) in [5, 5.41) is 2.69. The molecule has 0 spiro atoms. The predicted octanol–water partition coefficient (Wildman–Crippen LogP) is 2.09. The van der Waals surface area contributed by atoms with E-state index in [4.69, 9.17) is 11.6 Å². The van der Waals surface area contributed by atoms with Gasteiger partial charge in [0.05, 0.1) is 5.52 Å². The molecule has 6 heteroatoms. The first-order valence-electron chi connectivity index (χ1n) is 6.07. The average molecular weight is 284 g/mol. The maximum absolute atomic E-state index is 13.9. The highest BCUT2D eigenvalue weighted by molar-refractivity contribution is 6.17. The van der Waals surface area contributed by atoms with Gasteiger partial charge in [0.1, 0.15) is 17.2 Å². The molecule has 102 valence electrons. The van der Waals surface area contributed by atoms with E-state index in [2.05, 4.69) is 10.3 Å². The third-order valence-corrected chi connectivity index (χ3v) is 3.01. The SMILES string of the molecule is CC(=O)NCCn1c(CCCl)nc2cccc(F)c21. The molecule has 0 unspecified atom stereocenters. The lowest BCUT2D eigenvalue weighted by Crippen LogP contribution is -2.25. The van der Waals surface area contributed by atoms with Gasteiger partial charge in [-0.25, -0.2) is 9.37 Å². The van der Waals surface area contributed by atoms with E-state index in [0.29, 0.717) is 36.4 Å². The van der Waals surface area contributed by atoms with Gasteiger partial charge in [-0.05, 0) is 12.1 Å². The van der Waals surface area contributed by atoms with Crippen molar-refractivity contribution in [3.63, 3.8) is 0 Å². The molecule has 0 fully saturated rings. The van der Waals surface area contributed by atoms with Crippen molar-refractivity contribution in [2.75, 3.05) is 12.4 Å². The van der Waals surface area contributed by atoms with Crippen LogP contribution in [0, 0.1) is 5.82 Å². The van der Waals surface area contributed by atoms with Crippen LogP contribution in [0.4, 0.5) is 4.39 Å². The van der Waals surface area contributed by atoms with Crippen LogP contribution in [-0.2, 0) is 17.8 Å². The van der Waals surface area contributed by atoms with Gasteiger partial charge >= 0.3 is 0 Å². The van der Waals surface area contributed by atoms with Gasteiger partial charge in [-0.3, -0.25) is 4.79 Å². The fourth-order valence-corrected chi connectivity index (χ4v) is 2.22. The number of rotatable bonds is 5. The maximum Gasteiger partial charge on any atom is 0.216 e. The smallest absolute Gasteiger partial charge is 0.216 e. The minimum Gasteiger partial charge on any atom is -0.355 e. The molecule has 1 N–H and O–H groups in total. The molecule has 0 radical (unpaired) electrons. The van der Waals surface area contributed by atoms with Crippen LogP contribution in [0.1, 0.15) is 12.7 Å². The summed E-state index contributed by atoms with van der Waals surface area (Å²) >= 11 is 5.74. The van der Waals surface area contributed by atoms with Crippen molar-refractivity contribution >= 4 is 28.5 Å². The van der Waals surface area contributed by atoms with E-state index >= 15 is 0 Å². The molecule has 1 aromatic carbocycles. The predicted molar refractivity (Wildman–Crippen MR) is 72.8 cm³/mol. The minimum absolute atomic E-state index is 0.108. The van der Waals surface area contributed by atoms with E-state index in [1.807, 2.05) is 0 Å². The van der Waals surface area contributed by atoms with Gasteiger partial charge in [-0.1, -0.05) is 6.07 Å². The number of nitrogens with one attached hydrogen (secondary N) is 1. The molecule has 1 aromatic heterocycles. The number of aryl methyl sites for hydroxylation is 1. The van der Waals surface area contributed by atoms with Gasteiger partial charge in [0.15, 0.2) is 0 Å². The summed E-state index contributed by atoms with van der Waals surface area (Å²) in [4.78, 5) is 15.3. The number of hydrogen-bond acceptors (Lipinski definition) is 2. The van der Waals surface area contributed by atoms with E-state index < -0.39 is 0 Å². The molecule has 19 heavy (non-hydrogen) atoms. The monoisotopic (exact) mass is 283 g/mol. The number of carbonyl (C=O) groups is 1. The van der Waals surface area contributed by atoms with E-state index in [1.165, 1.54) is 13.0 Å². The number of alkyl halides is 1. The molecule has 0 bridgehead atoms. The number of amides is 1. The van der Waals surface area contributed by atoms with Gasteiger partial charge in [0.25, 0.3) is 0 Å². The second kappa shape index (κ2) is 6.02. The zero-order chi connectivity index (χ0) is 13.8. The van der Waals surface area contributed by atoms with Crippen LogP contribution in [0.15, 0.2) is 18.2 Å². The zero-order valence-corrected chi connectivity index (χ0v) is 11.4. The summed E-state index contributed by atoms with van der Waals surface area (Å²) in [7, 11) is 0. The van der Waals surface area contributed by atoms with E-state index in [-0.39, 0.29) is 11.7 Å². The molecule has 0 aliphatic carbocycles. The Morgan fingerprint density at radius 1 is 1.53 bits per heavy atom. The fourth-order valence-electron chi connectivity index (χ4n) is 2.05. The number of halogens is 2. The number of benzene rings is 1. The van der Waals surface area contributed by atoms with Crippen LogP contribution < -0.4 is 5.32 Å². The lowest BCUT2D eigenvalue weighted by atomic mass is 10.3. The largest absolute Gasteiger partial charge is 0.355 e. The number of nitrogens with zero attached hydrogens (tertiary/aromatic N) is 2. The normalized spacial score (nSPS) is 10.9. The summed E-state index contributed by atoms with van der Waals surface area (Å²) in [6, 6.07) is 4.81. The third-order valence-electron chi connectivity index (χ3n) is 2.82. The Balaban J connectivity index is 2.36. The molecule has 0 atom stereocenters. The van der Waals surface area contributed by atoms with Gasteiger partial charge in [0.2, 0.25) is 5.91 Å². The Bertz CT molecular complexity index is 597. The van der Waals surface area contributed by atoms with Crippen molar-refractivity contribution in [1.82, 2.24) is 14.9 Å². The molecule has 1 heterocycles. The first-order chi connectivity index (χ1) is 9.13. The number of carbonyl (C=O) groups excluding carboxylic acids is 1. The minimum atomic E-state index is -0.311. The molecule has 0 saturated carbocycles. The van der Waals surface area contributed by atoms with E-state index in [9.17, 15) is 9.18 Å². The number of fused-ring (bicyclic) bond motifs is 1. The second-order valence-electron chi connectivity index (χ2n) is 4.21. The Kier molecular flexibility index (Phi) is 4.37. The highest BCUT2D eigenvalue weighted by Crippen LogP contribution is 2.20. The second-order valence-corrected chi connectivity index (χ2v) is 4.59. The van der Waals surface area contributed by atoms with Gasteiger partial charge < -0.3 is 9.88 Å². The zero-order valence-electron chi connectivity index (χ0n) is 10.6. The van der Waals surface area contributed by atoms with Crippen LogP contribution in [-0.4, -0.2) is 27.9 Å². The van der Waals surface area contributed by atoms with Gasteiger partial charge in [0, 0.05) is 32.3 Å². The molecule has 0 aliphatic rings. The number of hydrogen-bond donors (Lipinski definition) is 1. The Labute approximate surface area is 115 Å². The van der Waals surface area contributed by atoms with Crippen molar-refractivity contribution < 1.29 is 9.18 Å². The quantitative estimate of drug-likeness (QED) is 0.854. The van der Waals surface area contributed by atoms with Crippen LogP contribution in [0.25, 0.3) is 11.0 Å². The first kappa shape index (κ1) is 13.8. The molecule has 1 amide bonds. The summed E-state index contributed by atoms with van der Waals surface area (Å²) in [6.07, 6.45) is 0.565. The van der Waals surface area contributed by atoms with Crippen molar-refractivity contribution in [2.24, 2.45) is 0 Å². The standard InChI is InChI=1S/C13H15ClFN3O/c1-9(19)16-7-8-18-12(5-6-14)17-11-4-2-3-10(15)13(11)18/h2-4H,5-8H2,1H3,(H,16,19). The Morgan fingerprint density at radius 3 is 3.00 bits per heavy atom. The van der Waals surface area contributed by atoms with Crippen LogP contribution in [0.5, 0.6) is 0 Å². The van der Waals surface area contributed by atoms with Gasteiger partial charge in [-0.15, -0.1) is 11.6 Å². The number of para-hydroxylation sites is 1.